The third-order valence-corrected chi connectivity index (χ3v) is 6.39. The van der Waals surface area contributed by atoms with E-state index >= 15 is 0 Å². The van der Waals surface area contributed by atoms with Gasteiger partial charge in [-0.3, -0.25) is 14.5 Å². The largest absolute Gasteiger partial charge is 0.459 e. The van der Waals surface area contributed by atoms with Crippen molar-refractivity contribution < 1.29 is 18.7 Å². The lowest BCUT2D eigenvalue weighted by Gasteiger charge is -2.39. The first-order valence-electron chi connectivity index (χ1n) is 11.5. The van der Waals surface area contributed by atoms with Gasteiger partial charge in [-0.2, -0.15) is 0 Å². The molecule has 172 valence electrons. The van der Waals surface area contributed by atoms with E-state index < -0.39 is 0 Å². The molecule has 1 aromatic heterocycles. The number of hydrogen-bond donors (Lipinski definition) is 1. The summed E-state index contributed by atoms with van der Waals surface area (Å²) < 4.78 is 11.0. The predicted octanol–water partition coefficient (Wildman–Crippen LogP) is 3.80. The molecule has 0 saturated carbocycles. The van der Waals surface area contributed by atoms with Crippen LogP contribution < -0.4 is 5.32 Å². The highest BCUT2D eigenvalue weighted by Crippen LogP contribution is 2.24. The first-order valence-corrected chi connectivity index (χ1v) is 11.5. The standard InChI is InChI=1S/C25H33N3O4/c1-17-6-7-21(13-22(17)26-24(29)23-5-4-12-31-23)25(30)28-10-8-20(9-11-28)16-27-14-18(2)32-19(3)15-27/h4-7,12-13,18-20H,8-11,14-16H2,1-3H3,(H,26,29). The van der Waals surface area contributed by atoms with Crippen LogP contribution in [0.2, 0.25) is 0 Å². The van der Waals surface area contributed by atoms with Crippen LogP contribution in [0.3, 0.4) is 0 Å². The van der Waals surface area contributed by atoms with Crippen LogP contribution in [0.15, 0.2) is 41.0 Å². The van der Waals surface area contributed by atoms with Crippen molar-refractivity contribution in [3.05, 3.63) is 53.5 Å². The lowest BCUT2D eigenvalue weighted by Crippen LogP contribution is -2.48. The quantitative estimate of drug-likeness (QED) is 0.767. The predicted molar refractivity (Wildman–Crippen MR) is 123 cm³/mol. The number of nitrogens with zero attached hydrogens (tertiary/aromatic N) is 2. The maximum atomic E-state index is 13.1. The molecule has 0 aliphatic carbocycles. The normalized spacial score (nSPS) is 22.7. The number of rotatable bonds is 5. The minimum atomic E-state index is -0.324. The first kappa shape index (κ1) is 22.6. The van der Waals surface area contributed by atoms with Crippen molar-refractivity contribution in [2.75, 3.05) is 38.0 Å². The Morgan fingerprint density at radius 3 is 2.47 bits per heavy atom. The number of aryl methyl sites for hydroxylation is 1. The monoisotopic (exact) mass is 439 g/mol. The minimum Gasteiger partial charge on any atom is -0.459 e. The number of morpholine rings is 1. The average Bonchev–Trinajstić information content (AvgIpc) is 3.30. The van der Waals surface area contributed by atoms with Gasteiger partial charge in [0.25, 0.3) is 11.8 Å². The van der Waals surface area contributed by atoms with Crippen molar-refractivity contribution in [3.63, 3.8) is 0 Å². The lowest BCUT2D eigenvalue weighted by molar-refractivity contribution is -0.0728. The Labute approximate surface area is 189 Å². The number of carbonyl (C=O) groups excluding carboxylic acids is 2. The maximum Gasteiger partial charge on any atom is 0.291 e. The fourth-order valence-corrected chi connectivity index (χ4v) is 4.78. The van der Waals surface area contributed by atoms with Gasteiger partial charge in [0.2, 0.25) is 0 Å². The lowest BCUT2D eigenvalue weighted by atomic mass is 9.95. The van der Waals surface area contributed by atoms with Gasteiger partial charge in [0, 0.05) is 44.0 Å². The molecule has 2 amide bonds. The van der Waals surface area contributed by atoms with E-state index in [0.29, 0.717) is 17.2 Å². The van der Waals surface area contributed by atoms with Gasteiger partial charge in [0.1, 0.15) is 0 Å². The third-order valence-electron chi connectivity index (χ3n) is 6.39. The molecule has 2 unspecified atom stereocenters. The highest BCUT2D eigenvalue weighted by Gasteiger charge is 2.28. The number of anilines is 1. The second kappa shape index (κ2) is 9.88. The molecule has 2 aliphatic rings. The molecule has 4 rings (SSSR count). The van der Waals surface area contributed by atoms with Crippen molar-refractivity contribution in [1.82, 2.24) is 9.80 Å². The van der Waals surface area contributed by atoms with Crippen molar-refractivity contribution in [2.45, 2.75) is 45.8 Å². The van der Waals surface area contributed by atoms with E-state index in [1.807, 2.05) is 24.0 Å². The SMILES string of the molecule is Cc1ccc(C(=O)N2CCC(CN3CC(C)OC(C)C3)CC2)cc1NC(=O)c1ccco1. The summed E-state index contributed by atoms with van der Waals surface area (Å²) in [7, 11) is 0. The van der Waals surface area contributed by atoms with Crippen LogP contribution in [0, 0.1) is 12.8 Å². The van der Waals surface area contributed by atoms with Crippen LogP contribution in [0.5, 0.6) is 0 Å². The molecule has 2 saturated heterocycles. The van der Waals surface area contributed by atoms with Crippen LogP contribution in [0.1, 0.15) is 53.2 Å². The Morgan fingerprint density at radius 2 is 1.81 bits per heavy atom. The zero-order chi connectivity index (χ0) is 22.7. The van der Waals surface area contributed by atoms with E-state index in [1.165, 1.54) is 6.26 Å². The molecule has 0 bridgehead atoms. The highest BCUT2D eigenvalue weighted by atomic mass is 16.5. The number of ether oxygens (including phenoxy) is 1. The molecule has 1 aromatic carbocycles. The Hall–Kier alpha value is -2.64. The fraction of sp³-hybridized carbons (Fsp3) is 0.520. The molecule has 3 heterocycles. The van der Waals surface area contributed by atoms with E-state index in [0.717, 1.165) is 51.1 Å². The van der Waals surface area contributed by atoms with Crippen LogP contribution in [-0.4, -0.2) is 66.5 Å². The summed E-state index contributed by atoms with van der Waals surface area (Å²) in [4.78, 5) is 29.9. The minimum absolute atomic E-state index is 0.0190. The molecule has 0 spiro atoms. The zero-order valence-electron chi connectivity index (χ0n) is 19.2. The second-order valence-electron chi connectivity index (χ2n) is 9.17. The van der Waals surface area contributed by atoms with Gasteiger partial charge in [-0.25, -0.2) is 0 Å². The van der Waals surface area contributed by atoms with E-state index in [1.54, 1.807) is 18.2 Å². The van der Waals surface area contributed by atoms with Crippen LogP contribution in [0.4, 0.5) is 5.69 Å². The number of nitrogens with one attached hydrogen (secondary N) is 1. The highest BCUT2D eigenvalue weighted by molar-refractivity contribution is 6.03. The Morgan fingerprint density at radius 1 is 1.09 bits per heavy atom. The van der Waals surface area contributed by atoms with Crippen LogP contribution in [-0.2, 0) is 4.74 Å². The molecule has 0 radical (unpaired) electrons. The topological polar surface area (TPSA) is 75.0 Å². The molecule has 2 aromatic rings. The Bertz CT molecular complexity index is 925. The maximum absolute atomic E-state index is 13.1. The number of benzene rings is 1. The molecule has 32 heavy (non-hydrogen) atoms. The van der Waals surface area contributed by atoms with Crippen molar-refractivity contribution >= 4 is 17.5 Å². The van der Waals surface area contributed by atoms with Gasteiger partial charge in [0.15, 0.2) is 5.76 Å². The number of piperidine rings is 1. The van der Waals surface area contributed by atoms with Crippen LogP contribution in [0.25, 0.3) is 0 Å². The summed E-state index contributed by atoms with van der Waals surface area (Å²) in [5, 5.41) is 2.85. The summed E-state index contributed by atoms with van der Waals surface area (Å²) in [6.07, 6.45) is 4.05. The summed E-state index contributed by atoms with van der Waals surface area (Å²) in [6.45, 7) is 10.8. The fourth-order valence-electron chi connectivity index (χ4n) is 4.78. The number of carbonyl (C=O) groups is 2. The summed E-state index contributed by atoms with van der Waals surface area (Å²) in [6, 6.07) is 8.76. The van der Waals surface area contributed by atoms with E-state index in [9.17, 15) is 9.59 Å². The molecule has 1 N–H and O–H groups in total. The number of amides is 2. The molecular formula is C25H33N3O4. The van der Waals surface area contributed by atoms with Gasteiger partial charge >= 0.3 is 0 Å². The summed E-state index contributed by atoms with van der Waals surface area (Å²) >= 11 is 0. The molecule has 2 aliphatic heterocycles. The number of furan rings is 1. The van der Waals surface area contributed by atoms with Gasteiger partial charge in [-0.1, -0.05) is 6.07 Å². The van der Waals surface area contributed by atoms with Gasteiger partial charge in [-0.15, -0.1) is 0 Å². The van der Waals surface area contributed by atoms with Crippen molar-refractivity contribution in [1.29, 1.82) is 0 Å². The van der Waals surface area contributed by atoms with Gasteiger partial charge < -0.3 is 19.4 Å². The van der Waals surface area contributed by atoms with Crippen molar-refractivity contribution in [3.8, 4) is 0 Å². The van der Waals surface area contributed by atoms with Gasteiger partial charge in [0.05, 0.1) is 18.5 Å². The second-order valence-corrected chi connectivity index (χ2v) is 9.17. The number of likely N-dealkylation sites (tertiary alicyclic amines) is 1. The van der Waals surface area contributed by atoms with E-state index in [2.05, 4.69) is 24.1 Å². The zero-order valence-corrected chi connectivity index (χ0v) is 19.2. The third kappa shape index (κ3) is 5.40. The van der Waals surface area contributed by atoms with E-state index in [4.69, 9.17) is 9.15 Å². The van der Waals surface area contributed by atoms with Crippen LogP contribution >= 0.6 is 0 Å². The van der Waals surface area contributed by atoms with Gasteiger partial charge in [-0.05, 0) is 69.4 Å². The smallest absolute Gasteiger partial charge is 0.291 e. The van der Waals surface area contributed by atoms with E-state index in [-0.39, 0.29) is 29.8 Å². The Balaban J connectivity index is 1.33. The number of hydrogen-bond acceptors (Lipinski definition) is 5. The van der Waals surface area contributed by atoms with Crippen molar-refractivity contribution in [2.24, 2.45) is 5.92 Å². The molecule has 7 heteroatoms. The Kier molecular flexibility index (Phi) is 6.96. The molecule has 7 nitrogen and oxygen atoms in total. The summed E-state index contributed by atoms with van der Waals surface area (Å²) in [5.74, 6) is 0.547. The molecular weight excluding hydrogens is 406 g/mol. The average molecular weight is 440 g/mol. The first-order chi connectivity index (χ1) is 15.4. The summed E-state index contributed by atoms with van der Waals surface area (Å²) in [5.41, 5.74) is 2.12. The molecule has 2 fully saturated rings. The molecule has 2 atom stereocenters.